The van der Waals surface area contributed by atoms with E-state index in [1.54, 1.807) is 0 Å². The van der Waals surface area contributed by atoms with E-state index in [-0.39, 0.29) is 5.60 Å². The molecule has 1 aromatic heterocycles. The van der Waals surface area contributed by atoms with Crippen LogP contribution in [0.3, 0.4) is 0 Å². The van der Waals surface area contributed by atoms with Gasteiger partial charge in [-0.1, -0.05) is 13.3 Å². The van der Waals surface area contributed by atoms with Crippen molar-refractivity contribution in [3.8, 4) is 0 Å². The van der Waals surface area contributed by atoms with Crippen molar-refractivity contribution in [2.24, 2.45) is 5.92 Å². The lowest BCUT2D eigenvalue weighted by molar-refractivity contribution is -0.0872. The lowest BCUT2D eigenvalue weighted by Crippen LogP contribution is -2.36. The fraction of sp³-hybridized carbons (Fsp3) is 0.857. The molecule has 108 valence electrons. The van der Waals surface area contributed by atoms with E-state index < -0.39 is 0 Å². The number of rotatable bonds is 5. The second-order valence-corrected chi connectivity index (χ2v) is 6.60. The Morgan fingerprint density at radius 3 is 2.95 bits per heavy atom. The van der Waals surface area contributed by atoms with Crippen molar-refractivity contribution in [2.45, 2.75) is 65.0 Å². The molecule has 19 heavy (non-hydrogen) atoms. The van der Waals surface area contributed by atoms with Crippen LogP contribution in [0.15, 0.2) is 0 Å². The van der Waals surface area contributed by atoms with Gasteiger partial charge in [0.1, 0.15) is 5.60 Å². The molecule has 0 radical (unpaired) electrons. The van der Waals surface area contributed by atoms with E-state index in [1.807, 2.05) is 0 Å². The van der Waals surface area contributed by atoms with Crippen LogP contribution < -0.4 is 5.32 Å². The van der Waals surface area contributed by atoms with Gasteiger partial charge in [0.05, 0.1) is 0 Å². The van der Waals surface area contributed by atoms with Gasteiger partial charge < -0.3 is 10.1 Å². The zero-order valence-electron chi connectivity index (χ0n) is 12.4. The van der Waals surface area contributed by atoms with Crippen molar-refractivity contribution >= 4 is 16.7 Å². The zero-order chi connectivity index (χ0) is 13.9. The van der Waals surface area contributed by atoms with E-state index in [9.17, 15) is 0 Å². The Labute approximate surface area is 120 Å². The van der Waals surface area contributed by atoms with Crippen LogP contribution in [0.25, 0.3) is 0 Å². The topological polar surface area (TPSA) is 47.0 Å². The van der Waals surface area contributed by atoms with Gasteiger partial charge in [-0.2, -0.15) is 4.37 Å². The van der Waals surface area contributed by atoms with Gasteiger partial charge in [-0.15, -0.1) is 0 Å². The van der Waals surface area contributed by atoms with Crippen LogP contribution in [0.2, 0.25) is 0 Å². The summed E-state index contributed by atoms with van der Waals surface area (Å²) >= 11 is 1.44. The van der Waals surface area contributed by atoms with Crippen LogP contribution in [0.1, 0.15) is 59.2 Å². The van der Waals surface area contributed by atoms with Crippen LogP contribution in [0, 0.1) is 5.92 Å². The second-order valence-electron chi connectivity index (χ2n) is 5.85. The minimum atomic E-state index is -0.250. The summed E-state index contributed by atoms with van der Waals surface area (Å²) in [4.78, 5) is 4.67. The van der Waals surface area contributed by atoms with Gasteiger partial charge in [0, 0.05) is 24.2 Å². The molecule has 0 spiro atoms. The van der Waals surface area contributed by atoms with Crippen molar-refractivity contribution in [3.63, 3.8) is 0 Å². The average Bonchev–Trinajstić information content (AvgIpc) is 2.77. The fourth-order valence-electron chi connectivity index (χ4n) is 2.89. The highest BCUT2D eigenvalue weighted by Gasteiger charge is 2.40. The summed E-state index contributed by atoms with van der Waals surface area (Å²) in [5.41, 5.74) is -0.250. The number of hydrogen-bond donors (Lipinski definition) is 1. The molecule has 1 aliphatic rings. The molecule has 0 aliphatic heterocycles. The molecule has 0 saturated heterocycles. The summed E-state index contributed by atoms with van der Waals surface area (Å²) in [5.74, 6) is 1.57. The van der Waals surface area contributed by atoms with Crippen LogP contribution in [-0.2, 0) is 10.3 Å². The molecule has 0 aromatic carbocycles. The Balaban J connectivity index is 2.20. The molecule has 1 N–H and O–H groups in total. The quantitative estimate of drug-likeness (QED) is 0.893. The highest BCUT2D eigenvalue weighted by atomic mass is 32.1. The summed E-state index contributed by atoms with van der Waals surface area (Å²) in [6, 6.07) is 0.383. The van der Waals surface area contributed by atoms with Crippen LogP contribution in [0.5, 0.6) is 0 Å². The third kappa shape index (κ3) is 3.45. The first kappa shape index (κ1) is 14.7. The third-order valence-corrected chi connectivity index (χ3v) is 4.27. The molecule has 1 saturated carbocycles. The normalized spacial score (nSPS) is 27.7. The largest absolute Gasteiger partial charge is 0.367 e. The zero-order valence-corrected chi connectivity index (χ0v) is 13.2. The number of nitrogens with zero attached hydrogens (tertiary/aromatic N) is 2. The number of hydrogen-bond acceptors (Lipinski definition) is 5. The molecule has 2 rings (SSSR count). The van der Waals surface area contributed by atoms with E-state index in [1.165, 1.54) is 24.4 Å². The minimum absolute atomic E-state index is 0.250. The maximum absolute atomic E-state index is 6.10. The van der Waals surface area contributed by atoms with Crippen LogP contribution in [-0.4, -0.2) is 22.0 Å². The number of aromatic nitrogens is 2. The molecule has 2 atom stereocenters. The van der Waals surface area contributed by atoms with Gasteiger partial charge >= 0.3 is 0 Å². The Bertz CT molecular complexity index is 403. The van der Waals surface area contributed by atoms with Gasteiger partial charge in [-0.25, -0.2) is 4.98 Å². The molecule has 1 fully saturated rings. The van der Waals surface area contributed by atoms with Crippen molar-refractivity contribution < 1.29 is 4.74 Å². The minimum Gasteiger partial charge on any atom is -0.367 e. The fourth-order valence-corrected chi connectivity index (χ4v) is 3.69. The lowest BCUT2D eigenvalue weighted by atomic mass is 9.78. The van der Waals surface area contributed by atoms with Crippen LogP contribution >= 0.6 is 11.5 Å². The Morgan fingerprint density at radius 1 is 1.53 bits per heavy atom. The first-order valence-corrected chi connectivity index (χ1v) is 8.08. The maximum atomic E-state index is 6.10. The molecule has 5 heteroatoms. The Kier molecular flexibility index (Phi) is 4.79. The second kappa shape index (κ2) is 6.18. The van der Waals surface area contributed by atoms with Gasteiger partial charge in [0.15, 0.2) is 5.82 Å². The molecule has 0 amide bonds. The van der Waals surface area contributed by atoms with E-state index >= 15 is 0 Å². The summed E-state index contributed by atoms with van der Waals surface area (Å²) in [5, 5.41) is 4.23. The van der Waals surface area contributed by atoms with E-state index in [4.69, 9.17) is 4.74 Å². The predicted octanol–water partition coefficient (Wildman–Crippen LogP) is 3.80. The summed E-state index contributed by atoms with van der Waals surface area (Å²) in [6.45, 7) is 9.30. The highest BCUT2D eigenvalue weighted by Crippen LogP contribution is 2.42. The molecular formula is C14H25N3OS. The molecule has 1 aromatic rings. The van der Waals surface area contributed by atoms with Gasteiger partial charge in [-0.05, 0) is 46.0 Å². The van der Waals surface area contributed by atoms with E-state index in [0.717, 1.165) is 30.4 Å². The first-order chi connectivity index (χ1) is 9.05. The third-order valence-electron chi connectivity index (χ3n) is 3.62. The number of anilines is 1. The van der Waals surface area contributed by atoms with Gasteiger partial charge in [0.25, 0.3) is 0 Å². The molecule has 1 heterocycles. The monoisotopic (exact) mass is 283 g/mol. The van der Waals surface area contributed by atoms with Crippen molar-refractivity contribution in [1.82, 2.24) is 9.36 Å². The molecular weight excluding hydrogens is 258 g/mol. The van der Waals surface area contributed by atoms with Gasteiger partial charge in [-0.3, -0.25) is 0 Å². The molecule has 0 bridgehead atoms. The number of ether oxygens (including phenoxy) is 1. The standard InChI is InChI=1S/C14H25N3OS/c1-5-18-14(8-6-7-11(4)9-14)12-16-13(19-17-12)15-10(2)3/h10-11H,5-9H2,1-4H3,(H,15,16,17). The number of nitrogens with one attached hydrogen (secondary N) is 1. The van der Waals surface area contributed by atoms with Gasteiger partial charge in [0.2, 0.25) is 5.13 Å². The molecule has 4 nitrogen and oxygen atoms in total. The summed E-state index contributed by atoms with van der Waals surface area (Å²) < 4.78 is 10.7. The highest BCUT2D eigenvalue weighted by molar-refractivity contribution is 7.09. The van der Waals surface area contributed by atoms with Crippen molar-refractivity contribution in [1.29, 1.82) is 0 Å². The molecule has 1 aliphatic carbocycles. The van der Waals surface area contributed by atoms with Crippen molar-refractivity contribution in [3.05, 3.63) is 5.82 Å². The van der Waals surface area contributed by atoms with E-state index in [0.29, 0.717) is 12.0 Å². The van der Waals surface area contributed by atoms with Crippen molar-refractivity contribution in [2.75, 3.05) is 11.9 Å². The predicted molar refractivity (Wildman–Crippen MR) is 79.6 cm³/mol. The van der Waals surface area contributed by atoms with Crippen LogP contribution in [0.4, 0.5) is 5.13 Å². The maximum Gasteiger partial charge on any atom is 0.202 e. The average molecular weight is 283 g/mol. The summed E-state index contributed by atoms with van der Waals surface area (Å²) in [7, 11) is 0. The summed E-state index contributed by atoms with van der Waals surface area (Å²) in [6.07, 6.45) is 4.57. The smallest absolute Gasteiger partial charge is 0.202 e. The first-order valence-electron chi connectivity index (χ1n) is 7.30. The molecule has 2 unspecified atom stereocenters. The Morgan fingerprint density at radius 2 is 2.32 bits per heavy atom. The lowest BCUT2D eigenvalue weighted by Gasteiger charge is -2.37. The SMILES string of the molecule is CCOC1(c2nsc(NC(C)C)n2)CCCC(C)C1. The van der Waals surface area contributed by atoms with E-state index in [2.05, 4.69) is 42.4 Å². The Hall–Kier alpha value is -0.680.